The molecule has 0 saturated carbocycles. The molecule has 1 N–H and O–H groups in total. The summed E-state index contributed by atoms with van der Waals surface area (Å²) < 4.78 is 16.5. The zero-order chi connectivity index (χ0) is 14.0. The van der Waals surface area contributed by atoms with Crippen molar-refractivity contribution in [3.63, 3.8) is 0 Å². The molecule has 0 aliphatic rings. The van der Waals surface area contributed by atoms with E-state index in [9.17, 15) is 4.39 Å². The molecule has 2 rings (SSSR count). The van der Waals surface area contributed by atoms with Gasteiger partial charge in [-0.1, -0.05) is 15.9 Å². The summed E-state index contributed by atoms with van der Waals surface area (Å²) in [6.45, 7) is 4.14. The average molecular weight is 330 g/mol. The smallest absolute Gasteiger partial charge is 0.152 e. The van der Waals surface area contributed by atoms with Gasteiger partial charge in [0.25, 0.3) is 0 Å². The van der Waals surface area contributed by atoms with E-state index in [1.807, 2.05) is 29.5 Å². The Kier molecular flexibility index (Phi) is 4.54. The Labute approximate surface area is 120 Å². The molecule has 104 valence electrons. The van der Waals surface area contributed by atoms with Gasteiger partial charge in [0.05, 0.1) is 12.1 Å². The number of likely N-dealkylation sites (N-methyl/N-ethyl adjacent to an activating group) is 1. The highest BCUT2D eigenvalue weighted by Crippen LogP contribution is 2.24. The Hall–Kier alpha value is -0.980. The van der Waals surface area contributed by atoms with Crippen LogP contribution >= 0.6 is 15.9 Å². The van der Waals surface area contributed by atoms with Gasteiger partial charge in [-0.05, 0) is 26.1 Å². The second-order valence-electron chi connectivity index (χ2n) is 4.59. The molecule has 0 bridgehead atoms. The molecule has 1 aromatic carbocycles. The first-order valence-electron chi connectivity index (χ1n) is 6.14. The first kappa shape index (κ1) is 14.4. The lowest BCUT2D eigenvalue weighted by Gasteiger charge is -2.16. The summed E-state index contributed by atoms with van der Waals surface area (Å²) in [6, 6.07) is 3.31. The number of fused-ring (bicyclic) bond motifs is 1. The lowest BCUT2D eigenvalue weighted by Crippen LogP contribution is -2.26. The number of halogens is 2. The van der Waals surface area contributed by atoms with Crippen LogP contribution in [0.2, 0.25) is 0 Å². The van der Waals surface area contributed by atoms with Crippen molar-refractivity contribution in [3.05, 3.63) is 28.2 Å². The van der Waals surface area contributed by atoms with E-state index < -0.39 is 0 Å². The van der Waals surface area contributed by atoms with Crippen molar-refractivity contribution in [2.75, 3.05) is 26.7 Å². The Bertz CT molecular complexity index is 585. The zero-order valence-electron chi connectivity index (χ0n) is 11.0. The Morgan fingerprint density at radius 2 is 2.16 bits per heavy atom. The standard InChI is InChI=1S/C13H17BrFN3O/c1-9-16-13-11(15)7-10(14)8-12(13)18(9)4-3-17(2)5-6-19/h7-8,19H,3-6H2,1-2H3. The highest BCUT2D eigenvalue weighted by molar-refractivity contribution is 9.10. The predicted molar refractivity (Wildman–Crippen MR) is 76.7 cm³/mol. The predicted octanol–water partition coefficient (Wildman–Crippen LogP) is 2.17. The number of imidazole rings is 1. The number of aryl methyl sites for hydroxylation is 1. The van der Waals surface area contributed by atoms with Crippen molar-refractivity contribution in [1.29, 1.82) is 0 Å². The number of benzene rings is 1. The van der Waals surface area contributed by atoms with Crippen molar-refractivity contribution in [2.24, 2.45) is 0 Å². The highest BCUT2D eigenvalue weighted by atomic mass is 79.9. The number of hydrogen-bond acceptors (Lipinski definition) is 3. The molecule has 0 spiro atoms. The maximum atomic E-state index is 13.8. The third-order valence-electron chi connectivity index (χ3n) is 3.15. The van der Waals surface area contributed by atoms with E-state index in [1.165, 1.54) is 6.07 Å². The van der Waals surface area contributed by atoms with Crippen LogP contribution in [-0.2, 0) is 6.54 Å². The average Bonchev–Trinajstić information content (AvgIpc) is 2.64. The molecule has 2 aromatic rings. The topological polar surface area (TPSA) is 41.3 Å². The molecule has 0 amide bonds. The molecule has 1 aromatic heterocycles. The fourth-order valence-electron chi connectivity index (χ4n) is 2.10. The normalized spacial score (nSPS) is 11.7. The summed E-state index contributed by atoms with van der Waals surface area (Å²) in [6.07, 6.45) is 0. The van der Waals surface area contributed by atoms with Crippen molar-refractivity contribution in [1.82, 2.24) is 14.5 Å². The molecule has 0 saturated heterocycles. The highest BCUT2D eigenvalue weighted by Gasteiger charge is 2.12. The Morgan fingerprint density at radius 1 is 1.42 bits per heavy atom. The zero-order valence-corrected chi connectivity index (χ0v) is 12.6. The molecular weight excluding hydrogens is 313 g/mol. The van der Waals surface area contributed by atoms with Gasteiger partial charge in [0.15, 0.2) is 5.82 Å². The van der Waals surface area contributed by atoms with Crippen molar-refractivity contribution in [3.8, 4) is 0 Å². The van der Waals surface area contributed by atoms with Crippen LogP contribution in [0.4, 0.5) is 4.39 Å². The van der Waals surface area contributed by atoms with E-state index >= 15 is 0 Å². The molecule has 0 atom stereocenters. The van der Waals surface area contributed by atoms with Crippen molar-refractivity contribution in [2.45, 2.75) is 13.5 Å². The minimum Gasteiger partial charge on any atom is -0.395 e. The maximum Gasteiger partial charge on any atom is 0.152 e. The molecule has 0 aliphatic carbocycles. The van der Waals surface area contributed by atoms with Crippen LogP contribution in [0, 0.1) is 12.7 Å². The van der Waals surface area contributed by atoms with Crippen LogP contribution in [0.5, 0.6) is 0 Å². The SMILES string of the molecule is Cc1nc2c(F)cc(Br)cc2n1CCN(C)CCO. The van der Waals surface area contributed by atoms with Gasteiger partial charge in [-0.25, -0.2) is 9.37 Å². The number of rotatable bonds is 5. The van der Waals surface area contributed by atoms with Gasteiger partial charge in [0, 0.05) is 24.1 Å². The van der Waals surface area contributed by atoms with Crippen LogP contribution in [0.1, 0.15) is 5.82 Å². The minimum atomic E-state index is -0.310. The fraction of sp³-hybridized carbons (Fsp3) is 0.462. The third kappa shape index (κ3) is 3.13. The Morgan fingerprint density at radius 3 is 2.84 bits per heavy atom. The number of nitrogens with zero attached hydrogens (tertiary/aromatic N) is 3. The number of aliphatic hydroxyl groups excluding tert-OH is 1. The number of aromatic nitrogens is 2. The van der Waals surface area contributed by atoms with E-state index in [0.717, 1.165) is 17.9 Å². The molecular formula is C13H17BrFN3O. The first-order valence-corrected chi connectivity index (χ1v) is 6.93. The molecule has 1 heterocycles. The largest absolute Gasteiger partial charge is 0.395 e. The van der Waals surface area contributed by atoms with Gasteiger partial charge in [-0.2, -0.15) is 0 Å². The van der Waals surface area contributed by atoms with E-state index in [-0.39, 0.29) is 12.4 Å². The second kappa shape index (κ2) is 5.98. The monoisotopic (exact) mass is 329 g/mol. The molecule has 4 nitrogen and oxygen atoms in total. The van der Waals surface area contributed by atoms with E-state index in [0.29, 0.717) is 23.1 Å². The second-order valence-corrected chi connectivity index (χ2v) is 5.51. The lowest BCUT2D eigenvalue weighted by molar-refractivity contribution is 0.217. The van der Waals surface area contributed by atoms with Crippen molar-refractivity contribution < 1.29 is 9.50 Å². The van der Waals surface area contributed by atoms with Crippen LogP contribution < -0.4 is 0 Å². The van der Waals surface area contributed by atoms with Crippen LogP contribution in [0.3, 0.4) is 0 Å². The van der Waals surface area contributed by atoms with Gasteiger partial charge in [-0.15, -0.1) is 0 Å². The molecule has 0 fully saturated rings. The van der Waals surface area contributed by atoms with Crippen LogP contribution in [-0.4, -0.2) is 46.3 Å². The number of aliphatic hydroxyl groups is 1. The summed E-state index contributed by atoms with van der Waals surface area (Å²) >= 11 is 3.31. The molecule has 0 unspecified atom stereocenters. The van der Waals surface area contributed by atoms with Crippen LogP contribution in [0.25, 0.3) is 11.0 Å². The minimum absolute atomic E-state index is 0.139. The number of hydrogen-bond donors (Lipinski definition) is 1. The third-order valence-corrected chi connectivity index (χ3v) is 3.61. The first-order chi connectivity index (χ1) is 9.02. The quantitative estimate of drug-likeness (QED) is 0.914. The molecule has 0 aliphatic heterocycles. The van der Waals surface area contributed by atoms with E-state index in [4.69, 9.17) is 5.11 Å². The molecule has 19 heavy (non-hydrogen) atoms. The van der Waals surface area contributed by atoms with Gasteiger partial charge >= 0.3 is 0 Å². The summed E-state index contributed by atoms with van der Waals surface area (Å²) in [5.41, 5.74) is 1.20. The van der Waals surface area contributed by atoms with E-state index in [2.05, 4.69) is 20.9 Å². The summed E-state index contributed by atoms with van der Waals surface area (Å²) in [5.74, 6) is 0.485. The summed E-state index contributed by atoms with van der Waals surface area (Å²) in [4.78, 5) is 6.30. The Balaban J connectivity index is 2.30. The van der Waals surface area contributed by atoms with Gasteiger partial charge in [0.1, 0.15) is 11.3 Å². The van der Waals surface area contributed by atoms with Gasteiger partial charge < -0.3 is 14.6 Å². The van der Waals surface area contributed by atoms with E-state index in [1.54, 1.807) is 0 Å². The fourth-order valence-corrected chi connectivity index (χ4v) is 2.52. The summed E-state index contributed by atoms with van der Waals surface area (Å²) in [7, 11) is 1.95. The van der Waals surface area contributed by atoms with Gasteiger partial charge in [0.2, 0.25) is 0 Å². The summed E-state index contributed by atoms with van der Waals surface area (Å²) in [5, 5.41) is 8.88. The molecule has 0 radical (unpaired) electrons. The van der Waals surface area contributed by atoms with Crippen LogP contribution in [0.15, 0.2) is 16.6 Å². The lowest BCUT2D eigenvalue weighted by atomic mass is 10.3. The molecule has 6 heteroatoms. The van der Waals surface area contributed by atoms with Crippen molar-refractivity contribution >= 4 is 27.0 Å². The van der Waals surface area contributed by atoms with Gasteiger partial charge in [-0.3, -0.25) is 0 Å². The maximum absolute atomic E-state index is 13.8.